The number of carboxylic acids is 1. The summed E-state index contributed by atoms with van der Waals surface area (Å²) in [6.07, 6.45) is 3.41. The van der Waals surface area contributed by atoms with Crippen LogP contribution in [0.2, 0.25) is 0 Å². The lowest BCUT2D eigenvalue weighted by Crippen LogP contribution is -2.52. The first-order valence-electron chi connectivity index (χ1n) is 14.6. The summed E-state index contributed by atoms with van der Waals surface area (Å²) in [5.74, 6) is -0.827. The van der Waals surface area contributed by atoms with Crippen molar-refractivity contribution in [1.29, 1.82) is 0 Å². The standard InChI is InChI=1S/C34H38N6O4/c1-34(2,35)33(43)37-30(27(32(41)42)19-22-9-5-4-6-10-22)31-39-38-29(40(31)21-23-13-16-25(44-3)17-14-23)18-15-24-20-36-28-12-8-7-11-26(24)28/h4-14,16-17,20,27,30,36H,15,18-19,21,35H2,1-3H3,(H,37,43)(H,41,42)/t27-,30?/m1/s1. The quantitative estimate of drug-likeness (QED) is 0.158. The Hall–Kier alpha value is -4.96. The molecule has 3 aromatic carbocycles. The number of aromatic amines is 1. The summed E-state index contributed by atoms with van der Waals surface area (Å²) in [7, 11) is 1.61. The number of hydrogen-bond acceptors (Lipinski definition) is 6. The van der Waals surface area contributed by atoms with E-state index in [1.165, 1.54) is 0 Å². The Morgan fingerprint density at radius 3 is 2.36 bits per heavy atom. The number of methoxy groups -OCH3 is 1. The van der Waals surface area contributed by atoms with Crippen LogP contribution in [0.3, 0.4) is 0 Å². The summed E-state index contributed by atoms with van der Waals surface area (Å²) in [5, 5.41) is 23.7. The highest BCUT2D eigenvalue weighted by molar-refractivity contribution is 5.86. The van der Waals surface area contributed by atoms with Crippen LogP contribution < -0.4 is 15.8 Å². The number of para-hydroxylation sites is 1. The molecule has 10 heteroatoms. The predicted octanol–water partition coefficient (Wildman–Crippen LogP) is 4.44. The van der Waals surface area contributed by atoms with E-state index in [0.29, 0.717) is 31.0 Å². The number of rotatable bonds is 13. The molecule has 0 aliphatic heterocycles. The molecule has 2 aromatic heterocycles. The first-order chi connectivity index (χ1) is 21.1. The maximum atomic E-state index is 13.3. The number of carboxylic acid groups (broad SMARTS) is 1. The van der Waals surface area contributed by atoms with Gasteiger partial charge in [-0.15, -0.1) is 10.2 Å². The molecule has 0 radical (unpaired) electrons. The van der Waals surface area contributed by atoms with Gasteiger partial charge in [-0.3, -0.25) is 9.59 Å². The zero-order valence-electron chi connectivity index (χ0n) is 25.2. The first-order valence-corrected chi connectivity index (χ1v) is 14.6. The van der Waals surface area contributed by atoms with Crippen LogP contribution in [-0.4, -0.2) is 49.4 Å². The maximum absolute atomic E-state index is 13.3. The predicted molar refractivity (Wildman–Crippen MR) is 168 cm³/mol. The van der Waals surface area contributed by atoms with Crippen molar-refractivity contribution < 1.29 is 19.4 Å². The van der Waals surface area contributed by atoms with Crippen molar-refractivity contribution in [3.05, 3.63) is 113 Å². The van der Waals surface area contributed by atoms with Crippen LogP contribution in [-0.2, 0) is 35.4 Å². The molecule has 2 heterocycles. The van der Waals surface area contributed by atoms with Crippen molar-refractivity contribution in [2.75, 3.05) is 7.11 Å². The molecule has 5 aromatic rings. The molecular formula is C34H38N6O4. The smallest absolute Gasteiger partial charge is 0.309 e. The molecule has 0 saturated carbocycles. The minimum absolute atomic E-state index is 0.173. The summed E-state index contributed by atoms with van der Waals surface area (Å²) in [4.78, 5) is 29.4. The van der Waals surface area contributed by atoms with Crippen molar-refractivity contribution in [3.8, 4) is 5.75 Å². The number of aryl methyl sites for hydroxylation is 2. The molecule has 0 spiro atoms. The van der Waals surface area contributed by atoms with Crippen LogP contribution in [0.5, 0.6) is 5.75 Å². The number of carbonyl (C=O) groups is 2. The summed E-state index contributed by atoms with van der Waals surface area (Å²) >= 11 is 0. The van der Waals surface area contributed by atoms with Gasteiger partial charge in [-0.2, -0.15) is 0 Å². The third kappa shape index (κ3) is 6.98. The van der Waals surface area contributed by atoms with Gasteiger partial charge in [-0.1, -0.05) is 60.7 Å². The van der Waals surface area contributed by atoms with Gasteiger partial charge >= 0.3 is 5.97 Å². The Morgan fingerprint density at radius 2 is 1.68 bits per heavy atom. The highest BCUT2D eigenvalue weighted by atomic mass is 16.5. The Kier molecular flexibility index (Phi) is 9.10. The van der Waals surface area contributed by atoms with Gasteiger partial charge < -0.3 is 30.4 Å². The van der Waals surface area contributed by atoms with Gasteiger partial charge in [0.1, 0.15) is 17.6 Å². The largest absolute Gasteiger partial charge is 0.497 e. The number of ether oxygens (including phenoxy) is 1. The normalized spacial score (nSPS) is 13.0. The van der Waals surface area contributed by atoms with Gasteiger partial charge in [-0.25, -0.2) is 0 Å². The Bertz CT molecular complexity index is 1720. The SMILES string of the molecule is COc1ccc(Cn2c(CCc3c[nH]c4ccccc34)nnc2C(NC(=O)C(C)(C)N)[C@@H](Cc2ccccc2)C(=O)O)cc1. The lowest BCUT2D eigenvalue weighted by Gasteiger charge is -2.28. The average molecular weight is 595 g/mol. The number of aliphatic carboxylic acids is 1. The lowest BCUT2D eigenvalue weighted by atomic mass is 9.90. The maximum Gasteiger partial charge on any atom is 0.309 e. The van der Waals surface area contributed by atoms with E-state index in [4.69, 9.17) is 10.5 Å². The van der Waals surface area contributed by atoms with Gasteiger partial charge in [0.25, 0.3) is 0 Å². The first kappa shape index (κ1) is 30.5. The van der Waals surface area contributed by atoms with E-state index >= 15 is 0 Å². The number of nitrogens with one attached hydrogen (secondary N) is 2. The molecule has 10 nitrogen and oxygen atoms in total. The molecule has 0 aliphatic carbocycles. The molecule has 1 unspecified atom stereocenters. The molecule has 1 amide bonds. The van der Waals surface area contributed by atoms with Crippen molar-refractivity contribution in [3.63, 3.8) is 0 Å². The molecular weight excluding hydrogens is 556 g/mol. The molecule has 0 saturated heterocycles. The van der Waals surface area contributed by atoms with Crippen LogP contribution in [0.15, 0.2) is 85.1 Å². The summed E-state index contributed by atoms with van der Waals surface area (Å²) in [6, 6.07) is 24.1. The van der Waals surface area contributed by atoms with Crippen molar-refractivity contribution >= 4 is 22.8 Å². The molecule has 5 rings (SSSR count). The topological polar surface area (TPSA) is 148 Å². The van der Waals surface area contributed by atoms with Gasteiger partial charge in [0, 0.05) is 23.5 Å². The van der Waals surface area contributed by atoms with E-state index in [9.17, 15) is 14.7 Å². The molecule has 228 valence electrons. The molecule has 0 aliphatic rings. The second-order valence-corrected chi connectivity index (χ2v) is 11.6. The fourth-order valence-electron chi connectivity index (χ4n) is 5.32. The number of nitrogens with two attached hydrogens (primary N) is 1. The number of amides is 1. The molecule has 2 atom stereocenters. The summed E-state index contributed by atoms with van der Waals surface area (Å²) in [6.45, 7) is 3.54. The van der Waals surface area contributed by atoms with E-state index in [1.54, 1.807) is 21.0 Å². The number of H-pyrrole nitrogens is 1. The summed E-state index contributed by atoms with van der Waals surface area (Å²) in [5.41, 5.74) is 8.88. The van der Waals surface area contributed by atoms with E-state index in [0.717, 1.165) is 33.3 Å². The number of hydrogen-bond donors (Lipinski definition) is 4. The van der Waals surface area contributed by atoms with Crippen LogP contribution in [0.4, 0.5) is 0 Å². The number of benzene rings is 3. The Morgan fingerprint density at radius 1 is 0.977 bits per heavy atom. The lowest BCUT2D eigenvalue weighted by molar-refractivity contribution is -0.143. The van der Waals surface area contributed by atoms with Gasteiger partial charge in [0.2, 0.25) is 5.91 Å². The monoisotopic (exact) mass is 594 g/mol. The number of aromatic nitrogens is 4. The summed E-state index contributed by atoms with van der Waals surface area (Å²) < 4.78 is 7.26. The third-order valence-electron chi connectivity index (χ3n) is 7.82. The van der Waals surface area contributed by atoms with Crippen molar-refractivity contribution in [1.82, 2.24) is 25.1 Å². The van der Waals surface area contributed by atoms with Crippen LogP contribution in [0, 0.1) is 5.92 Å². The zero-order chi connectivity index (χ0) is 31.3. The molecule has 44 heavy (non-hydrogen) atoms. The third-order valence-corrected chi connectivity index (χ3v) is 7.82. The van der Waals surface area contributed by atoms with Crippen LogP contribution in [0.1, 0.15) is 48.2 Å². The van der Waals surface area contributed by atoms with E-state index in [-0.39, 0.29) is 6.42 Å². The van der Waals surface area contributed by atoms with E-state index < -0.39 is 29.4 Å². The zero-order valence-corrected chi connectivity index (χ0v) is 25.2. The minimum Gasteiger partial charge on any atom is -0.497 e. The molecule has 5 N–H and O–H groups in total. The Balaban J connectivity index is 1.57. The number of nitrogens with zero attached hydrogens (tertiary/aromatic N) is 3. The van der Waals surface area contributed by atoms with Gasteiger partial charge in [0.15, 0.2) is 5.82 Å². The van der Waals surface area contributed by atoms with Gasteiger partial charge in [0.05, 0.1) is 25.1 Å². The number of fused-ring (bicyclic) bond motifs is 1. The Labute approximate surface area is 256 Å². The van der Waals surface area contributed by atoms with Crippen LogP contribution in [0.25, 0.3) is 10.9 Å². The molecule has 0 fully saturated rings. The van der Waals surface area contributed by atoms with E-state index in [1.807, 2.05) is 83.6 Å². The fourth-order valence-corrected chi connectivity index (χ4v) is 5.32. The second-order valence-electron chi connectivity index (χ2n) is 11.6. The second kappa shape index (κ2) is 13.1. The van der Waals surface area contributed by atoms with Crippen LogP contribution >= 0.6 is 0 Å². The fraction of sp³-hybridized carbons (Fsp3) is 0.294. The van der Waals surface area contributed by atoms with E-state index in [2.05, 4.69) is 26.6 Å². The molecule has 0 bridgehead atoms. The van der Waals surface area contributed by atoms with Crippen molar-refractivity contribution in [2.45, 2.75) is 51.2 Å². The highest BCUT2D eigenvalue weighted by Gasteiger charge is 2.37. The average Bonchev–Trinajstić information content (AvgIpc) is 3.61. The minimum atomic E-state index is -1.24. The highest BCUT2D eigenvalue weighted by Crippen LogP contribution is 2.28. The van der Waals surface area contributed by atoms with Gasteiger partial charge in [-0.05, 0) is 61.6 Å². The van der Waals surface area contributed by atoms with Crippen molar-refractivity contribution in [2.24, 2.45) is 11.7 Å². The number of carbonyl (C=O) groups excluding carboxylic acids is 1.